The van der Waals surface area contributed by atoms with Gasteiger partial charge >= 0.3 is 0 Å². The Bertz CT molecular complexity index is 993. The van der Waals surface area contributed by atoms with E-state index in [1.54, 1.807) is 36.4 Å². The molecular weight excluding hydrogens is 354 g/mol. The van der Waals surface area contributed by atoms with Crippen LogP contribution in [-0.4, -0.2) is 22.2 Å². The zero-order valence-corrected chi connectivity index (χ0v) is 15.5. The van der Waals surface area contributed by atoms with Crippen LogP contribution in [0.5, 0.6) is 5.75 Å². The summed E-state index contributed by atoms with van der Waals surface area (Å²) in [6.45, 7) is 3.94. The van der Waals surface area contributed by atoms with Crippen molar-refractivity contribution in [3.63, 3.8) is 0 Å². The molecule has 2 aromatic carbocycles. The lowest BCUT2D eigenvalue weighted by Crippen LogP contribution is -2.15. The quantitative estimate of drug-likeness (QED) is 0.674. The van der Waals surface area contributed by atoms with Crippen LogP contribution in [0, 0.1) is 11.3 Å². The highest BCUT2D eigenvalue weighted by molar-refractivity contribution is 6.03. The number of carbonyl (C=O) groups is 1. The molecule has 0 fully saturated rings. The number of rotatable bonds is 6. The summed E-state index contributed by atoms with van der Waals surface area (Å²) in [4.78, 5) is 12.3. The van der Waals surface area contributed by atoms with Gasteiger partial charge in [-0.15, -0.1) is 10.2 Å². The van der Waals surface area contributed by atoms with Gasteiger partial charge in [0.2, 0.25) is 0 Å². The molecule has 0 bridgehead atoms. The average molecular weight is 373 g/mol. The van der Waals surface area contributed by atoms with Gasteiger partial charge in [0, 0.05) is 5.69 Å². The van der Waals surface area contributed by atoms with Crippen LogP contribution in [0.3, 0.4) is 0 Å². The summed E-state index contributed by atoms with van der Waals surface area (Å²) in [5.41, 5.74) is 1.79. The number of aromatic nitrogens is 2. The van der Waals surface area contributed by atoms with Crippen LogP contribution >= 0.6 is 0 Å². The van der Waals surface area contributed by atoms with Crippen molar-refractivity contribution in [1.29, 1.82) is 5.26 Å². The van der Waals surface area contributed by atoms with Crippen molar-refractivity contribution in [2.24, 2.45) is 0 Å². The normalized spacial score (nSPS) is 10.2. The zero-order chi connectivity index (χ0) is 19.9. The molecule has 1 heterocycles. The number of hydrogen-bond donors (Lipinski definition) is 2. The number of amides is 1. The van der Waals surface area contributed by atoms with Crippen molar-refractivity contribution < 1.29 is 9.53 Å². The molecule has 0 aliphatic rings. The van der Waals surface area contributed by atoms with Crippen molar-refractivity contribution >= 4 is 23.1 Å². The number of carbonyl (C=O) groups excluding carboxylic acids is 1. The lowest BCUT2D eigenvalue weighted by molar-refractivity contribution is 0.102. The highest BCUT2D eigenvalue weighted by Crippen LogP contribution is 2.20. The molecule has 0 atom stereocenters. The van der Waals surface area contributed by atoms with Crippen molar-refractivity contribution in [2.45, 2.75) is 20.0 Å². The van der Waals surface area contributed by atoms with Crippen molar-refractivity contribution in [3.05, 3.63) is 71.9 Å². The number of hydrogen-bond acceptors (Lipinski definition) is 6. The third-order valence-electron chi connectivity index (χ3n) is 3.69. The van der Waals surface area contributed by atoms with Crippen LogP contribution in [-0.2, 0) is 0 Å². The molecule has 140 valence electrons. The van der Waals surface area contributed by atoms with Gasteiger partial charge in [0.15, 0.2) is 11.5 Å². The Balaban J connectivity index is 1.64. The number of nitriles is 1. The molecule has 3 aromatic rings. The zero-order valence-electron chi connectivity index (χ0n) is 15.5. The van der Waals surface area contributed by atoms with E-state index in [0.717, 1.165) is 11.4 Å². The van der Waals surface area contributed by atoms with E-state index in [-0.39, 0.29) is 11.8 Å². The molecule has 0 saturated heterocycles. The second kappa shape index (κ2) is 8.64. The number of benzene rings is 2. The highest BCUT2D eigenvalue weighted by atomic mass is 16.5. The summed E-state index contributed by atoms with van der Waals surface area (Å²) in [5.74, 6) is 0.861. The molecular formula is C21H19N5O2. The molecule has 3 rings (SSSR count). The minimum absolute atomic E-state index is 0.114. The monoisotopic (exact) mass is 373 g/mol. The first-order chi connectivity index (χ1) is 13.5. The van der Waals surface area contributed by atoms with E-state index >= 15 is 0 Å². The van der Waals surface area contributed by atoms with Crippen molar-refractivity contribution in [1.82, 2.24) is 10.2 Å². The summed E-state index contributed by atoms with van der Waals surface area (Å²) in [6, 6.07) is 19.5. The lowest BCUT2D eigenvalue weighted by Gasteiger charge is -2.11. The molecule has 0 aliphatic heterocycles. The molecule has 7 heteroatoms. The van der Waals surface area contributed by atoms with Crippen LogP contribution in [0.25, 0.3) is 0 Å². The Hall–Kier alpha value is -3.92. The number of para-hydroxylation sites is 1. The first-order valence-corrected chi connectivity index (χ1v) is 8.73. The number of ether oxygens (including phenoxy) is 1. The maximum absolute atomic E-state index is 12.3. The fourth-order valence-corrected chi connectivity index (χ4v) is 2.43. The first-order valence-electron chi connectivity index (χ1n) is 8.73. The van der Waals surface area contributed by atoms with E-state index in [4.69, 9.17) is 10.00 Å². The fraction of sp³-hybridized carbons (Fsp3) is 0.143. The highest BCUT2D eigenvalue weighted by Gasteiger charge is 2.11. The van der Waals surface area contributed by atoms with Crippen LogP contribution in [0.2, 0.25) is 0 Å². The Labute approximate surface area is 163 Å². The van der Waals surface area contributed by atoms with Crippen LogP contribution in [0.1, 0.15) is 29.9 Å². The van der Waals surface area contributed by atoms with Crippen molar-refractivity contribution in [3.8, 4) is 11.8 Å². The maximum Gasteiger partial charge on any atom is 0.276 e. The molecule has 1 amide bonds. The third kappa shape index (κ3) is 4.83. The second-order valence-corrected chi connectivity index (χ2v) is 6.23. The van der Waals surface area contributed by atoms with Crippen LogP contribution < -0.4 is 15.4 Å². The first kappa shape index (κ1) is 18.9. The van der Waals surface area contributed by atoms with Gasteiger partial charge in [0.25, 0.3) is 5.91 Å². The van der Waals surface area contributed by atoms with Gasteiger partial charge in [-0.3, -0.25) is 4.79 Å². The number of nitrogens with one attached hydrogen (secondary N) is 2. The SMILES string of the molecule is CC(C)Oc1ccc(Nc2ccc(C(=O)Nc3ccccc3C#N)nn2)cc1. The van der Waals surface area contributed by atoms with E-state index in [2.05, 4.69) is 20.8 Å². The van der Waals surface area contributed by atoms with Gasteiger partial charge in [-0.05, 0) is 62.4 Å². The van der Waals surface area contributed by atoms with E-state index in [0.29, 0.717) is 17.1 Å². The number of nitrogens with zero attached hydrogens (tertiary/aromatic N) is 3. The Kier molecular flexibility index (Phi) is 5.82. The van der Waals surface area contributed by atoms with Gasteiger partial charge < -0.3 is 15.4 Å². The van der Waals surface area contributed by atoms with E-state index in [1.807, 2.05) is 44.2 Å². The van der Waals surface area contributed by atoms with E-state index < -0.39 is 5.91 Å². The summed E-state index contributed by atoms with van der Waals surface area (Å²) in [5, 5.41) is 22.9. The third-order valence-corrected chi connectivity index (χ3v) is 3.69. The summed E-state index contributed by atoms with van der Waals surface area (Å²) < 4.78 is 5.61. The predicted molar refractivity (Wildman–Crippen MR) is 107 cm³/mol. The Morgan fingerprint density at radius 1 is 1.04 bits per heavy atom. The lowest BCUT2D eigenvalue weighted by atomic mass is 10.2. The van der Waals surface area contributed by atoms with Gasteiger partial charge in [-0.1, -0.05) is 12.1 Å². The summed E-state index contributed by atoms with van der Waals surface area (Å²) >= 11 is 0. The van der Waals surface area contributed by atoms with Crippen LogP contribution in [0.4, 0.5) is 17.2 Å². The second-order valence-electron chi connectivity index (χ2n) is 6.23. The van der Waals surface area contributed by atoms with Gasteiger partial charge in [0.05, 0.1) is 17.4 Å². The largest absolute Gasteiger partial charge is 0.491 e. The molecule has 0 aliphatic carbocycles. The standard InChI is InChI=1S/C21H19N5O2/c1-14(2)28-17-9-7-16(8-10-17)23-20-12-11-19(25-26-20)21(27)24-18-6-4-3-5-15(18)13-22/h3-12,14H,1-2H3,(H,23,26)(H,24,27). The van der Waals surface area contributed by atoms with Crippen molar-refractivity contribution in [2.75, 3.05) is 10.6 Å². The van der Waals surface area contributed by atoms with E-state index in [1.165, 1.54) is 0 Å². The molecule has 0 unspecified atom stereocenters. The average Bonchev–Trinajstić information content (AvgIpc) is 2.70. The van der Waals surface area contributed by atoms with Gasteiger partial charge in [-0.25, -0.2) is 0 Å². The molecule has 0 saturated carbocycles. The van der Waals surface area contributed by atoms with Crippen LogP contribution in [0.15, 0.2) is 60.7 Å². The minimum atomic E-state index is -0.433. The molecule has 1 aromatic heterocycles. The molecule has 0 spiro atoms. The van der Waals surface area contributed by atoms with Gasteiger partial charge in [0.1, 0.15) is 11.8 Å². The predicted octanol–water partition coefficient (Wildman–Crippen LogP) is 4.13. The van der Waals surface area contributed by atoms with Gasteiger partial charge in [-0.2, -0.15) is 5.26 Å². The minimum Gasteiger partial charge on any atom is -0.491 e. The molecule has 2 N–H and O–H groups in total. The smallest absolute Gasteiger partial charge is 0.276 e. The molecule has 7 nitrogen and oxygen atoms in total. The Morgan fingerprint density at radius 2 is 1.79 bits per heavy atom. The number of anilines is 3. The molecule has 0 radical (unpaired) electrons. The summed E-state index contributed by atoms with van der Waals surface area (Å²) in [7, 11) is 0. The maximum atomic E-state index is 12.3. The van der Waals surface area contributed by atoms with E-state index in [9.17, 15) is 4.79 Å². The fourth-order valence-electron chi connectivity index (χ4n) is 2.43. The molecule has 28 heavy (non-hydrogen) atoms. The summed E-state index contributed by atoms with van der Waals surface area (Å²) in [6.07, 6.45) is 0.114. The Morgan fingerprint density at radius 3 is 2.43 bits per heavy atom. The topological polar surface area (TPSA) is 99.9 Å².